The minimum atomic E-state index is -2.62. The quantitative estimate of drug-likeness (QED) is 0.358. The molecule has 6 nitrogen and oxygen atoms in total. The van der Waals surface area contributed by atoms with Crippen LogP contribution in [0.5, 0.6) is 0 Å². The van der Waals surface area contributed by atoms with Crippen molar-refractivity contribution in [2.24, 2.45) is 0 Å². The molecule has 1 saturated carbocycles. The summed E-state index contributed by atoms with van der Waals surface area (Å²) in [4.78, 5) is 16.1. The summed E-state index contributed by atoms with van der Waals surface area (Å²) < 4.78 is 26.2. The van der Waals surface area contributed by atoms with Gasteiger partial charge in [-0.25, -0.2) is 0 Å². The first-order chi connectivity index (χ1) is 18.7. The molecular formula is C32H40N3O3S-. The zero-order valence-corrected chi connectivity index (χ0v) is 24.2. The van der Waals surface area contributed by atoms with Gasteiger partial charge in [0.1, 0.15) is 6.04 Å². The molecule has 39 heavy (non-hydrogen) atoms. The lowest BCUT2D eigenvalue weighted by atomic mass is 9.74. The fraction of sp³-hybridized carbons (Fsp3) is 0.406. The third-order valence-electron chi connectivity index (χ3n) is 8.30. The molecule has 7 heteroatoms. The van der Waals surface area contributed by atoms with E-state index in [1.165, 1.54) is 15.4 Å². The third kappa shape index (κ3) is 7.15. The third-order valence-corrected chi connectivity index (χ3v) is 9.09. The van der Waals surface area contributed by atoms with Gasteiger partial charge >= 0.3 is 0 Å². The van der Waals surface area contributed by atoms with E-state index in [1.54, 1.807) is 12.1 Å². The van der Waals surface area contributed by atoms with E-state index >= 15 is 0 Å². The number of nitrogens with one attached hydrogen (secondary N) is 1. The lowest BCUT2D eigenvalue weighted by molar-refractivity contribution is -0.123. The van der Waals surface area contributed by atoms with Crippen LogP contribution in [0, 0.1) is 13.8 Å². The maximum Gasteiger partial charge on any atom is 0.244 e. The highest BCUT2D eigenvalue weighted by Crippen LogP contribution is 2.36. The second-order valence-electron chi connectivity index (χ2n) is 11.1. The van der Waals surface area contributed by atoms with Crippen molar-refractivity contribution < 1.29 is 13.6 Å². The Labute approximate surface area is 235 Å². The largest absolute Gasteiger partial charge is 0.755 e. The van der Waals surface area contributed by atoms with Crippen LogP contribution in [-0.4, -0.2) is 51.3 Å². The molecule has 3 aromatic carbocycles. The Bertz CT molecular complexity index is 1260. The molecule has 0 aromatic heterocycles. The molecule has 4 rings (SSSR count). The molecule has 2 atom stereocenters. The van der Waals surface area contributed by atoms with Crippen LogP contribution in [0.1, 0.15) is 47.9 Å². The van der Waals surface area contributed by atoms with Crippen molar-refractivity contribution in [2.45, 2.75) is 70.0 Å². The molecule has 0 bridgehead atoms. The molecule has 1 aliphatic rings. The van der Waals surface area contributed by atoms with Crippen molar-refractivity contribution in [3.8, 4) is 0 Å². The summed E-state index contributed by atoms with van der Waals surface area (Å²) in [5, 5.41) is 3.24. The number of nitrogens with zero attached hydrogens (tertiary/aromatic N) is 2. The van der Waals surface area contributed by atoms with Crippen LogP contribution in [0.2, 0.25) is 0 Å². The first-order valence-corrected chi connectivity index (χ1v) is 14.7. The van der Waals surface area contributed by atoms with E-state index < -0.39 is 17.3 Å². The summed E-state index contributed by atoms with van der Waals surface area (Å²) in [5.41, 5.74) is 5.12. The average molecular weight is 547 g/mol. The van der Waals surface area contributed by atoms with Crippen LogP contribution in [-0.2, 0) is 28.9 Å². The van der Waals surface area contributed by atoms with Crippen molar-refractivity contribution in [3.63, 3.8) is 0 Å². The van der Waals surface area contributed by atoms with E-state index in [0.717, 1.165) is 43.2 Å². The molecule has 2 unspecified atom stereocenters. The van der Waals surface area contributed by atoms with Crippen LogP contribution in [0.3, 0.4) is 0 Å². The van der Waals surface area contributed by atoms with Crippen LogP contribution >= 0.6 is 0 Å². The zero-order chi connectivity index (χ0) is 28.0. The van der Waals surface area contributed by atoms with Crippen molar-refractivity contribution >= 4 is 22.9 Å². The summed E-state index contributed by atoms with van der Waals surface area (Å²) in [7, 11) is 4.30. The molecule has 1 N–H and O–H groups in total. The maximum atomic E-state index is 13.8. The average Bonchev–Trinajstić information content (AvgIpc) is 2.92. The van der Waals surface area contributed by atoms with Gasteiger partial charge in [0.25, 0.3) is 0 Å². The van der Waals surface area contributed by atoms with Gasteiger partial charge in [0.05, 0.1) is 0 Å². The Morgan fingerprint density at radius 3 is 2.18 bits per heavy atom. The molecular weight excluding hydrogens is 506 g/mol. The summed E-state index contributed by atoms with van der Waals surface area (Å²) in [6.07, 6.45) is 4.86. The predicted octanol–water partition coefficient (Wildman–Crippen LogP) is 5.12. The number of likely N-dealkylation sites (N-methyl/N-ethyl adjacent to an activating group) is 1. The fourth-order valence-electron chi connectivity index (χ4n) is 5.72. The first kappa shape index (κ1) is 29.0. The maximum absolute atomic E-state index is 13.8. The van der Waals surface area contributed by atoms with Gasteiger partial charge in [0, 0.05) is 35.0 Å². The Kier molecular flexibility index (Phi) is 9.59. The molecule has 0 heterocycles. The van der Waals surface area contributed by atoms with Gasteiger partial charge in [-0.15, -0.1) is 0 Å². The summed E-state index contributed by atoms with van der Waals surface area (Å²) in [6.45, 7) is 4.11. The number of carbonyl (C=O) groups excluding carboxylic acids is 1. The number of amides is 1. The molecule has 0 aliphatic heterocycles. The Hall–Kier alpha value is -3.00. The minimum Gasteiger partial charge on any atom is -0.755 e. The van der Waals surface area contributed by atoms with Gasteiger partial charge in [-0.1, -0.05) is 72.3 Å². The number of hydrogen-bond donors (Lipinski definition) is 1. The topological polar surface area (TPSA) is 75.7 Å². The normalized spacial score (nSPS) is 20.8. The lowest BCUT2D eigenvalue weighted by Crippen LogP contribution is -2.55. The molecule has 3 aromatic rings. The standard InChI is InChI=1S/C32H41N3O3S/c1-24-14-16-29(17-15-24)35(39(37)38)30(22-26-11-6-5-7-12-26)31(36)33-28-18-20-32(21-19-28,34(3)4)23-27-13-9-8-10-25(27)2/h5-17,28,30H,18-23H2,1-4H3,(H,33,36)(H,37,38)/p-1. The molecule has 0 spiro atoms. The molecule has 208 valence electrons. The smallest absolute Gasteiger partial charge is 0.244 e. The highest BCUT2D eigenvalue weighted by Gasteiger charge is 2.39. The van der Waals surface area contributed by atoms with E-state index in [0.29, 0.717) is 5.69 Å². The lowest BCUT2D eigenvalue weighted by Gasteiger charge is -2.46. The summed E-state index contributed by atoms with van der Waals surface area (Å²) in [5.74, 6) is -0.259. The van der Waals surface area contributed by atoms with E-state index in [4.69, 9.17) is 0 Å². The van der Waals surface area contributed by atoms with Gasteiger partial charge in [-0.05, 0) is 88.9 Å². The highest BCUT2D eigenvalue weighted by atomic mass is 32.2. The Morgan fingerprint density at radius 2 is 1.59 bits per heavy atom. The zero-order valence-electron chi connectivity index (χ0n) is 23.4. The second-order valence-corrected chi connectivity index (χ2v) is 11.9. The Balaban J connectivity index is 1.52. The number of hydrogen-bond acceptors (Lipinski definition) is 4. The molecule has 0 saturated heterocycles. The first-order valence-electron chi connectivity index (χ1n) is 13.7. The highest BCUT2D eigenvalue weighted by molar-refractivity contribution is 7.80. The molecule has 1 amide bonds. The van der Waals surface area contributed by atoms with Crippen LogP contribution < -0.4 is 9.62 Å². The number of anilines is 1. The predicted molar refractivity (Wildman–Crippen MR) is 158 cm³/mol. The monoisotopic (exact) mass is 546 g/mol. The van der Waals surface area contributed by atoms with Gasteiger partial charge in [-0.2, -0.15) is 0 Å². The van der Waals surface area contributed by atoms with E-state index in [1.807, 2.05) is 49.4 Å². The Morgan fingerprint density at radius 1 is 0.974 bits per heavy atom. The van der Waals surface area contributed by atoms with Gasteiger partial charge in [-0.3, -0.25) is 13.3 Å². The molecule has 1 aliphatic carbocycles. The molecule has 1 fully saturated rings. The number of aryl methyl sites for hydroxylation is 2. The van der Waals surface area contributed by atoms with Crippen LogP contribution in [0.25, 0.3) is 0 Å². The van der Waals surface area contributed by atoms with Gasteiger partial charge < -0.3 is 14.8 Å². The number of carbonyl (C=O) groups is 1. The fourth-order valence-corrected chi connectivity index (χ4v) is 6.39. The van der Waals surface area contributed by atoms with Gasteiger partial charge in [0.15, 0.2) is 0 Å². The van der Waals surface area contributed by atoms with Crippen molar-refractivity contribution in [3.05, 3.63) is 101 Å². The van der Waals surface area contributed by atoms with Crippen molar-refractivity contribution in [2.75, 3.05) is 18.4 Å². The van der Waals surface area contributed by atoms with E-state index in [9.17, 15) is 13.6 Å². The minimum absolute atomic E-state index is 0.000624. The van der Waals surface area contributed by atoms with Crippen LogP contribution in [0.15, 0.2) is 78.9 Å². The summed E-state index contributed by atoms with van der Waals surface area (Å²) in [6, 6.07) is 24.5. The van der Waals surface area contributed by atoms with Crippen LogP contribution in [0.4, 0.5) is 5.69 Å². The van der Waals surface area contributed by atoms with Gasteiger partial charge in [0.2, 0.25) is 5.91 Å². The SMILES string of the molecule is Cc1ccc(N(C(Cc2ccccc2)C(=O)NC2CCC(Cc3ccccc3C)(N(C)C)CC2)S(=O)[O-])cc1. The number of rotatable bonds is 10. The molecule has 0 radical (unpaired) electrons. The van der Waals surface area contributed by atoms with Crippen molar-refractivity contribution in [1.29, 1.82) is 0 Å². The van der Waals surface area contributed by atoms with E-state index in [-0.39, 0.29) is 23.9 Å². The summed E-state index contributed by atoms with van der Waals surface area (Å²) >= 11 is -2.62. The van der Waals surface area contributed by atoms with E-state index in [2.05, 4.69) is 55.5 Å². The second kappa shape index (κ2) is 12.9. The van der Waals surface area contributed by atoms with Crippen molar-refractivity contribution in [1.82, 2.24) is 10.2 Å². The number of benzene rings is 3.